The van der Waals surface area contributed by atoms with Crippen molar-refractivity contribution < 1.29 is 14.1 Å². The Bertz CT molecular complexity index is 745. The fraction of sp³-hybridized carbons (Fsp3) is 0.250. The summed E-state index contributed by atoms with van der Waals surface area (Å²) >= 11 is 11.2. The fourth-order valence-corrected chi connectivity index (χ4v) is 2.30. The molecule has 0 aliphatic carbocycles. The van der Waals surface area contributed by atoms with Gasteiger partial charge in [0.2, 0.25) is 0 Å². The molecule has 0 saturated carbocycles. The average molecular weight is 368 g/mol. The summed E-state index contributed by atoms with van der Waals surface area (Å²) in [6.45, 7) is 2.62. The maximum atomic E-state index is 12.0. The van der Waals surface area contributed by atoms with E-state index in [2.05, 4.69) is 16.2 Å². The van der Waals surface area contributed by atoms with Gasteiger partial charge < -0.3 is 14.6 Å². The Morgan fingerprint density at radius 1 is 1.25 bits per heavy atom. The van der Waals surface area contributed by atoms with Crippen molar-refractivity contribution in [3.63, 3.8) is 0 Å². The molecule has 6 nitrogen and oxygen atoms in total. The molecule has 1 aromatic heterocycles. The number of benzene rings is 1. The Labute approximate surface area is 151 Å². The van der Waals surface area contributed by atoms with E-state index in [1.54, 1.807) is 18.2 Å². The molecule has 1 heterocycles. The van der Waals surface area contributed by atoms with E-state index >= 15 is 0 Å². The van der Waals surface area contributed by atoms with Crippen molar-refractivity contribution in [2.24, 2.45) is 0 Å². The summed E-state index contributed by atoms with van der Waals surface area (Å²) in [5.41, 5.74) is 6.81. The first-order valence-corrected chi connectivity index (χ1v) is 8.15. The summed E-state index contributed by atoms with van der Waals surface area (Å²) in [5.74, 6) is 0.566. The predicted octanol–water partition coefficient (Wildman–Crippen LogP) is 1.52. The second-order valence-corrected chi connectivity index (χ2v) is 6.46. The third-order valence-corrected chi connectivity index (χ3v) is 3.74. The van der Waals surface area contributed by atoms with Gasteiger partial charge in [-0.05, 0) is 49.0 Å². The summed E-state index contributed by atoms with van der Waals surface area (Å²) in [7, 11) is 4.01. The van der Waals surface area contributed by atoms with Crippen LogP contribution in [-0.2, 0) is 6.54 Å². The Balaban J connectivity index is 1.85. The Morgan fingerprint density at radius 3 is 2.67 bits per heavy atom. The molecule has 4 N–H and O–H groups in total. The zero-order valence-electron chi connectivity index (χ0n) is 13.7. The van der Waals surface area contributed by atoms with Gasteiger partial charge in [0.15, 0.2) is 16.6 Å². The number of quaternary nitrogens is 1. The zero-order valence-corrected chi connectivity index (χ0v) is 15.3. The zero-order chi connectivity index (χ0) is 17.7. The van der Waals surface area contributed by atoms with Crippen LogP contribution in [0, 0.1) is 6.92 Å². The molecule has 0 aliphatic rings. The Kier molecular flexibility index (Phi) is 6.19. The van der Waals surface area contributed by atoms with Gasteiger partial charge in [0.05, 0.1) is 14.1 Å². The number of nitrogens with one attached hydrogen (secondary N) is 4. The van der Waals surface area contributed by atoms with Crippen LogP contribution in [0.4, 0.5) is 5.69 Å². The van der Waals surface area contributed by atoms with E-state index in [-0.39, 0.29) is 10.9 Å². The molecule has 24 heavy (non-hydrogen) atoms. The molecule has 0 saturated heterocycles. The first-order chi connectivity index (χ1) is 11.3. The molecule has 0 fully saturated rings. The smallest absolute Gasteiger partial charge is 0.305 e. The van der Waals surface area contributed by atoms with Gasteiger partial charge in [-0.2, -0.15) is 0 Å². The summed E-state index contributed by atoms with van der Waals surface area (Å²) in [6.07, 6.45) is 0. The number of thiocarbonyl (C=S) groups is 1. The molecule has 0 radical (unpaired) electrons. The maximum Gasteiger partial charge on any atom is 0.305 e. The minimum absolute atomic E-state index is 0.222. The quantitative estimate of drug-likeness (QED) is 0.487. The van der Waals surface area contributed by atoms with E-state index in [9.17, 15) is 4.79 Å². The molecular weight excluding hydrogens is 348 g/mol. The highest BCUT2D eigenvalue weighted by atomic mass is 35.5. The monoisotopic (exact) mass is 367 g/mol. The molecule has 0 unspecified atom stereocenters. The highest BCUT2D eigenvalue weighted by Gasteiger charge is 2.12. The molecule has 1 aromatic carbocycles. The normalized spacial score (nSPS) is 10.5. The van der Waals surface area contributed by atoms with E-state index in [1.807, 2.05) is 33.2 Å². The third kappa shape index (κ3) is 5.23. The highest BCUT2D eigenvalue weighted by Crippen LogP contribution is 2.19. The van der Waals surface area contributed by atoms with Gasteiger partial charge in [-0.25, -0.2) is 0 Å². The van der Waals surface area contributed by atoms with Crippen LogP contribution in [0.15, 0.2) is 34.7 Å². The first-order valence-electron chi connectivity index (χ1n) is 7.36. The maximum absolute atomic E-state index is 12.0. The van der Waals surface area contributed by atoms with Crippen LogP contribution >= 0.6 is 23.8 Å². The summed E-state index contributed by atoms with van der Waals surface area (Å²) in [6, 6.07) is 8.90. The lowest BCUT2D eigenvalue weighted by molar-refractivity contribution is -0.873. The van der Waals surface area contributed by atoms with Crippen LogP contribution in [0.1, 0.15) is 21.9 Å². The number of aryl methyl sites for hydroxylation is 1. The van der Waals surface area contributed by atoms with Crippen molar-refractivity contribution in [1.29, 1.82) is 0 Å². The second kappa shape index (κ2) is 8.14. The number of hydrogen-bond donors (Lipinski definition) is 4. The van der Waals surface area contributed by atoms with Gasteiger partial charge in [-0.3, -0.25) is 15.6 Å². The van der Waals surface area contributed by atoms with Gasteiger partial charge in [-0.1, -0.05) is 17.7 Å². The van der Waals surface area contributed by atoms with E-state index in [1.165, 1.54) is 4.90 Å². The van der Waals surface area contributed by atoms with Gasteiger partial charge in [0.25, 0.3) is 0 Å². The minimum atomic E-state index is -0.402. The van der Waals surface area contributed by atoms with Crippen LogP contribution < -0.4 is 21.1 Å². The number of halogens is 1. The average Bonchev–Trinajstić information content (AvgIpc) is 2.96. The lowest BCUT2D eigenvalue weighted by Gasteiger charge is -2.11. The number of carbonyl (C=O) groups is 1. The molecule has 0 bridgehead atoms. The fourth-order valence-electron chi connectivity index (χ4n) is 1.95. The molecule has 1 amide bonds. The van der Waals surface area contributed by atoms with Crippen molar-refractivity contribution >= 4 is 40.5 Å². The molecule has 2 aromatic rings. The number of carbonyl (C=O) groups excluding carboxylic acids is 1. The molecule has 128 valence electrons. The van der Waals surface area contributed by atoms with Gasteiger partial charge in [0, 0.05) is 10.7 Å². The van der Waals surface area contributed by atoms with E-state index < -0.39 is 5.91 Å². The summed E-state index contributed by atoms with van der Waals surface area (Å²) in [5, 5.41) is 3.82. The minimum Gasteiger partial charge on any atom is -0.450 e. The van der Waals surface area contributed by atoms with Gasteiger partial charge in [-0.15, -0.1) is 0 Å². The van der Waals surface area contributed by atoms with E-state index in [4.69, 9.17) is 28.2 Å². The SMILES string of the molecule is Cc1ccc(NC(=S)NNC(=O)c2ccc(C[NH+](C)C)o2)cc1Cl. The number of amides is 1. The van der Waals surface area contributed by atoms with Crippen molar-refractivity contribution in [3.05, 3.63) is 52.4 Å². The van der Waals surface area contributed by atoms with Crippen molar-refractivity contribution in [3.8, 4) is 0 Å². The van der Waals surface area contributed by atoms with Crippen molar-refractivity contribution in [1.82, 2.24) is 10.9 Å². The van der Waals surface area contributed by atoms with Crippen LogP contribution in [0.3, 0.4) is 0 Å². The van der Waals surface area contributed by atoms with Crippen molar-refractivity contribution in [2.45, 2.75) is 13.5 Å². The lowest BCUT2D eigenvalue weighted by Crippen LogP contribution is -3.04. The van der Waals surface area contributed by atoms with Crippen LogP contribution in [-0.4, -0.2) is 25.1 Å². The molecular formula is C16H20ClN4O2S+. The second-order valence-electron chi connectivity index (χ2n) is 5.65. The molecule has 0 spiro atoms. The van der Waals surface area contributed by atoms with Crippen LogP contribution in [0.5, 0.6) is 0 Å². The first kappa shape index (κ1) is 18.3. The third-order valence-electron chi connectivity index (χ3n) is 3.13. The van der Waals surface area contributed by atoms with Crippen molar-refractivity contribution in [2.75, 3.05) is 19.4 Å². The topological polar surface area (TPSA) is 70.7 Å². The van der Waals surface area contributed by atoms with Crippen LogP contribution in [0.25, 0.3) is 0 Å². The lowest BCUT2D eigenvalue weighted by atomic mass is 10.2. The number of hydrazine groups is 1. The molecule has 2 rings (SSSR count). The number of hydrogen-bond acceptors (Lipinski definition) is 3. The summed E-state index contributed by atoms with van der Waals surface area (Å²) < 4.78 is 5.48. The van der Waals surface area contributed by atoms with Gasteiger partial charge >= 0.3 is 5.91 Å². The standard InChI is InChI=1S/C16H19ClN4O2S/c1-10-4-5-11(8-13(10)17)18-16(24)20-19-15(22)14-7-6-12(23-14)9-21(2)3/h4-8H,9H2,1-3H3,(H,19,22)(H2,18,20,24)/p+1. The molecule has 0 aliphatic heterocycles. The van der Waals surface area contributed by atoms with Gasteiger partial charge in [0.1, 0.15) is 6.54 Å². The largest absolute Gasteiger partial charge is 0.450 e. The van der Waals surface area contributed by atoms with E-state index in [0.29, 0.717) is 11.6 Å². The Hall–Kier alpha value is -2.09. The number of furan rings is 1. The number of anilines is 1. The molecule has 0 atom stereocenters. The van der Waals surface area contributed by atoms with E-state index in [0.717, 1.165) is 17.0 Å². The predicted molar refractivity (Wildman–Crippen MR) is 98.2 cm³/mol. The molecule has 8 heteroatoms. The van der Waals surface area contributed by atoms with Crippen LogP contribution in [0.2, 0.25) is 5.02 Å². The number of rotatable bonds is 4. The highest BCUT2D eigenvalue weighted by molar-refractivity contribution is 7.80. The summed E-state index contributed by atoms with van der Waals surface area (Å²) in [4.78, 5) is 13.2. The Morgan fingerprint density at radius 2 is 2.00 bits per heavy atom.